The minimum atomic E-state index is -0.550. The van der Waals surface area contributed by atoms with Gasteiger partial charge in [0.25, 0.3) is 5.91 Å². The van der Waals surface area contributed by atoms with Gasteiger partial charge in [-0.15, -0.1) is 11.8 Å². The molecule has 2 aliphatic heterocycles. The van der Waals surface area contributed by atoms with Crippen molar-refractivity contribution in [3.63, 3.8) is 0 Å². The van der Waals surface area contributed by atoms with E-state index in [2.05, 4.69) is 16.7 Å². The lowest BCUT2D eigenvalue weighted by Gasteiger charge is -2.38. The summed E-state index contributed by atoms with van der Waals surface area (Å²) in [6.07, 6.45) is 21.4. The number of amides is 3. The molecular formula is C33H49N3O3S. The molecule has 2 heterocycles. The fraction of sp³-hybridized carbons (Fsp3) is 0.727. The second kappa shape index (κ2) is 14.9. The van der Waals surface area contributed by atoms with Crippen LogP contribution in [0.15, 0.2) is 23.1 Å². The van der Waals surface area contributed by atoms with Crippen LogP contribution in [0.25, 0.3) is 0 Å². The predicted molar refractivity (Wildman–Crippen MR) is 161 cm³/mol. The number of carbonyl (C=O) groups is 3. The van der Waals surface area contributed by atoms with E-state index in [1.807, 2.05) is 23.9 Å². The highest BCUT2D eigenvalue weighted by molar-refractivity contribution is 7.99. The molecule has 2 aliphatic carbocycles. The molecule has 1 aromatic rings. The Balaban J connectivity index is 0.996. The van der Waals surface area contributed by atoms with Gasteiger partial charge in [0, 0.05) is 29.5 Å². The summed E-state index contributed by atoms with van der Waals surface area (Å²) in [7, 11) is 0. The van der Waals surface area contributed by atoms with Crippen LogP contribution in [-0.4, -0.2) is 47.0 Å². The summed E-state index contributed by atoms with van der Waals surface area (Å²) in [6, 6.07) is 6.14. The first kappa shape index (κ1) is 29.6. The zero-order chi connectivity index (χ0) is 27.7. The van der Waals surface area contributed by atoms with Crippen LogP contribution < -0.4 is 10.6 Å². The summed E-state index contributed by atoms with van der Waals surface area (Å²) in [5.74, 6) is 2.20. The molecule has 220 valence electrons. The number of thioether (sulfide) groups is 1. The van der Waals surface area contributed by atoms with E-state index in [0.717, 1.165) is 34.1 Å². The highest BCUT2D eigenvalue weighted by atomic mass is 32.2. The summed E-state index contributed by atoms with van der Waals surface area (Å²) in [4.78, 5) is 39.7. The number of imide groups is 1. The summed E-state index contributed by atoms with van der Waals surface area (Å²) in [6.45, 7) is 1.64. The van der Waals surface area contributed by atoms with Crippen LogP contribution in [0.1, 0.15) is 125 Å². The highest BCUT2D eigenvalue weighted by Gasteiger charge is 2.39. The molecule has 7 heteroatoms. The summed E-state index contributed by atoms with van der Waals surface area (Å²) < 4.78 is 0. The Morgan fingerprint density at radius 2 is 1.52 bits per heavy atom. The third kappa shape index (κ3) is 7.50. The molecule has 2 N–H and O–H groups in total. The maximum atomic E-state index is 13.0. The Morgan fingerprint density at radius 3 is 2.23 bits per heavy atom. The van der Waals surface area contributed by atoms with E-state index in [1.54, 1.807) is 4.90 Å². The van der Waals surface area contributed by atoms with Crippen LogP contribution in [0, 0.1) is 11.8 Å². The van der Waals surface area contributed by atoms with Crippen molar-refractivity contribution in [2.45, 2.75) is 133 Å². The molecule has 6 nitrogen and oxygen atoms in total. The number of hydrogen-bond acceptors (Lipinski definition) is 5. The minimum absolute atomic E-state index is 0.0882. The van der Waals surface area contributed by atoms with E-state index < -0.39 is 6.04 Å². The monoisotopic (exact) mass is 567 g/mol. The van der Waals surface area contributed by atoms with Crippen molar-refractivity contribution >= 4 is 29.5 Å². The van der Waals surface area contributed by atoms with Crippen molar-refractivity contribution in [3.05, 3.63) is 29.3 Å². The molecule has 0 spiro atoms. The SMILES string of the molecule is O=C1CCC(N2Cc3c(SCCCCCCCNC(C4CCCCC4)C4CCCCC4)cccc3C2=O)C(=O)N1. The van der Waals surface area contributed by atoms with Gasteiger partial charge in [-0.05, 0) is 86.8 Å². The van der Waals surface area contributed by atoms with Crippen molar-refractivity contribution < 1.29 is 14.4 Å². The van der Waals surface area contributed by atoms with Crippen LogP contribution in [0.4, 0.5) is 0 Å². The van der Waals surface area contributed by atoms with Crippen LogP contribution in [0.2, 0.25) is 0 Å². The molecule has 1 unspecified atom stereocenters. The number of benzene rings is 1. The molecule has 0 aromatic heterocycles. The Morgan fingerprint density at radius 1 is 0.850 bits per heavy atom. The van der Waals surface area contributed by atoms with Crippen molar-refractivity contribution in [3.8, 4) is 0 Å². The largest absolute Gasteiger partial charge is 0.322 e. The molecule has 4 aliphatic rings. The van der Waals surface area contributed by atoms with E-state index in [0.29, 0.717) is 18.5 Å². The molecule has 1 aromatic carbocycles. The molecule has 3 amide bonds. The average molecular weight is 568 g/mol. The number of hydrogen-bond donors (Lipinski definition) is 2. The van der Waals surface area contributed by atoms with Gasteiger partial charge in [-0.1, -0.05) is 63.9 Å². The molecule has 2 saturated carbocycles. The van der Waals surface area contributed by atoms with E-state index in [-0.39, 0.29) is 24.1 Å². The van der Waals surface area contributed by atoms with Crippen molar-refractivity contribution in [1.82, 2.24) is 15.5 Å². The molecule has 5 rings (SSSR count). The first-order valence-electron chi connectivity index (χ1n) is 16.2. The normalized spacial score (nSPS) is 22.7. The predicted octanol–water partition coefficient (Wildman–Crippen LogP) is 6.61. The average Bonchev–Trinajstić information content (AvgIpc) is 3.31. The summed E-state index contributed by atoms with van der Waals surface area (Å²) in [5.41, 5.74) is 1.75. The van der Waals surface area contributed by atoms with E-state index >= 15 is 0 Å². The zero-order valence-electron chi connectivity index (χ0n) is 24.3. The van der Waals surface area contributed by atoms with Crippen molar-refractivity contribution in [2.75, 3.05) is 12.3 Å². The van der Waals surface area contributed by atoms with Crippen molar-refractivity contribution in [2.24, 2.45) is 11.8 Å². The molecule has 3 fully saturated rings. The number of piperidine rings is 1. The van der Waals surface area contributed by atoms with E-state index in [9.17, 15) is 14.4 Å². The van der Waals surface area contributed by atoms with E-state index in [4.69, 9.17) is 0 Å². The first-order valence-corrected chi connectivity index (χ1v) is 17.2. The first-order chi connectivity index (χ1) is 19.6. The molecular weight excluding hydrogens is 518 g/mol. The Bertz CT molecular complexity index is 1000. The van der Waals surface area contributed by atoms with Gasteiger partial charge >= 0.3 is 0 Å². The van der Waals surface area contributed by atoms with Crippen LogP contribution >= 0.6 is 11.8 Å². The standard InChI is InChI=1S/C33H49N3O3S/c37-30-20-19-28(32(38)35-30)36-23-27-26(33(36)39)17-12-18-29(27)40-22-11-3-1-2-10-21-34-31(24-13-6-4-7-14-24)25-15-8-5-9-16-25/h12,17-18,24-25,28,31,34H,1-11,13-16,19-23H2,(H,35,37,38). The number of nitrogens with one attached hydrogen (secondary N) is 2. The van der Waals surface area contributed by atoms with Gasteiger partial charge in [-0.25, -0.2) is 0 Å². The van der Waals surface area contributed by atoms with Gasteiger partial charge in [-0.3, -0.25) is 19.7 Å². The van der Waals surface area contributed by atoms with Crippen LogP contribution in [0.5, 0.6) is 0 Å². The van der Waals surface area contributed by atoms with Crippen molar-refractivity contribution in [1.29, 1.82) is 0 Å². The fourth-order valence-corrected chi connectivity index (χ4v) is 8.70. The molecule has 1 atom stereocenters. The summed E-state index contributed by atoms with van der Waals surface area (Å²) in [5, 5.41) is 6.45. The maximum Gasteiger partial charge on any atom is 0.255 e. The second-order valence-electron chi connectivity index (χ2n) is 12.6. The van der Waals surface area contributed by atoms with Gasteiger partial charge in [0.2, 0.25) is 11.8 Å². The van der Waals surface area contributed by atoms with Crippen LogP contribution in [-0.2, 0) is 16.1 Å². The topological polar surface area (TPSA) is 78.5 Å². The lowest BCUT2D eigenvalue weighted by Crippen LogP contribution is -2.52. The van der Waals surface area contributed by atoms with Gasteiger partial charge < -0.3 is 10.2 Å². The number of fused-ring (bicyclic) bond motifs is 1. The molecule has 1 saturated heterocycles. The smallest absolute Gasteiger partial charge is 0.255 e. The maximum absolute atomic E-state index is 13.0. The quantitative estimate of drug-likeness (QED) is 0.159. The van der Waals surface area contributed by atoms with E-state index in [1.165, 1.54) is 103 Å². The molecule has 0 radical (unpaired) electrons. The van der Waals surface area contributed by atoms with Gasteiger partial charge in [0.15, 0.2) is 0 Å². The second-order valence-corrected chi connectivity index (χ2v) is 13.7. The van der Waals surface area contributed by atoms with Gasteiger partial charge in [-0.2, -0.15) is 0 Å². The zero-order valence-corrected chi connectivity index (χ0v) is 25.1. The number of unbranched alkanes of at least 4 members (excludes halogenated alkanes) is 4. The third-order valence-corrected chi connectivity index (χ3v) is 11.0. The highest BCUT2D eigenvalue weighted by Crippen LogP contribution is 2.36. The number of nitrogens with zero attached hydrogens (tertiary/aromatic N) is 1. The van der Waals surface area contributed by atoms with Gasteiger partial charge in [0.1, 0.15) is 6.04 Å². The Kier molecular flexibility index (Phi) is 11.0. The fourth-order valence-electron chi connectivity index (χ4n) is 7.61. The lowest BCUT2D eigenvalue weighted by molar-refractivity contribution is -0.136. The Hall–Kier alpha value is -1.86. The van der Waals surface area contributed by atoms with Crippen LogP contribution in [0.3, 0.4) is 0 Å². The lowest BCUT2D eigenvalue weighted by atomic mass is 9.74. The number of carbonyl (C=O) groups excluding carboxylic acids is 3. The molecule has 0 bridgehead atoms. The molecule has 40 heavy (non-hydrogen) atoms. The Labute approximate surface area is 245 Å². The third-order valence-electron chi connectivity index (χ3n) is 9.81. The van der Waals surface area contributed by atoms with Gasteiger partial charge in [0.05, 0.1) is 0 Å². The minimum Gasteiger partial charge on any atom is -0.322 e. The summed E-state index contributed by atoms with van der Waals surface area (Å²) >= 11 is 1.84. The number of rotatable bonds is 13.